The minimum atomic E-state index is -0.172. The first-order valence-electron chi connectivity index (χ1n) is 6.47. The molecular weight excluding hydrogens is 230 g/mol. The molecule has 1 atom stereocenters. The first-order chi connectivity index (χ1) is 8.60. The van der Waals surface area contributed by atoms with E-state index in [0.717, 1.165) is 24.2 Å². The topological polar surface area (TPSA) is 56.1 Å². The maximum absolute atomic E-state index is 11.6. The lowest BCUT2D eigenvalue weighted by molar-refractivity contribution is -0.143. The Hall–Kier alpha value is -1.36. The summed E-state index contributed by atoms with van der Waals surface area (Å²) in [5.41, 5.74) is 2.15. The predicted molar refractivity (Wildman–Crippen MR) is 70.2 cm³/mol. The molecule has 0 aliphatic rings. The van der Waals surface area contributed by atoms with Crippen molar-refractivity contribution in [1.82, 2.24) is 15.1 Å². The van der Waals surface area contributed by atoms with Gasteiger partial charge in [-0.3, -0.25) is 9.48 Å². The van der Waals surface area contributed by atoms with Crippen molar-refractivity contribution >= 4 is 5.97 Å². The van der Waals surface area contributed by atoms with E-state index < -0.39 is 0 Å². The summed E-state index contributed by atoms with van der Waals surface area (Å²) in [5.74, 6) is -0.172. The average Bonchev–Trinajstić information content (AvgIpc) is 2.66. The molecule has 1 rings (SSSR count). The quantitative estimate of drug-likeness (QED) is 0.752. The van der Waals surface area contributed by atoms with Crippen molar-refractivity contribution in [2.45, 2.75) is 39.7 Å². The number of carbonyl (C=O) groups excluding carboxylic acids is 1. The van der Waals surface area contributed by atoms with Crippen LogP contribution in [0.1, 0.15) is 44.0 Å². The third-order valence-electron chi connectivity index (χ3n) is 2.97. The highest BCUT2D eigenvalue weighted by molar-refractivity contribution is 5.70. The zero-order chi connectivity index (χ0) is 13.5. The number of ether oxygens (including phenoxy) is 1. The molecule has 1 aromatic heterocycles. The zero-order valence-electron chi connectivity index (χ0n) is 11.7. The van der Waals surface area contributed by atoms with E-state index >= 15 is 0 Å². The van der Waals surface area contributed by atoms with E-state index in [-0.39, 0.29) is 12.0 Å². The Labute approximate surface area is 109 Å². The molecule has 0 saturated heterocycles. The van der Waals surface area contributed by atoms with Crippen LogP contribution in [-0.4, -0.2) is 28.9 Å². The van der Waals surface area contributed by atoms with E-state index in [1.54, 1.807) is 0 Å². The molecule has 0 bridgehead atoms. The van der Waals surface area contributed by atoms with Gasteiger partial charge in [0.25, 0.3) is 0 Å². The van der Waals surface area contributed by atoms with E-state index in [0.29, 0.717) is 13.0 Å². The maximum Gasteiger partial charge on any atom is 0.307 e. The molecule has 0 spiro atoms. The van der Waals surface area contributed by atoms with Gasteiger partial charge in [-0.05, 0) is 26.8 Å². The van der Waals surface area contributed by atoms with E-state index in [1.165, 1.54) is 0 Å². The van der Waals surface area contributed by atoms with Crippen LogP contribution >= 0.6 is 0 Å². The van der Waals surface area contributed by atoms with Crippen LogP contribution in [0, 0.1) is 6.92 Å². The molecule has 5 nitrogen and oxygen atoms in total. The highest BCUT2D eigenvalue weighted by Crippen LogP contribution is 2.20. The molecule has 0 radical (unpaired) electrons. The maximum atomic E-state index is 11.6. The predicted octanol–water partition coefficient (Wildman–Crippen LogP) is 1.72. The number of aryl methyl sites for hydroxylation is 1. The number of aromatic nitrogens is 2. The number of hydrogen-bond donors (Lipinski definition) is 1. The molecule has 5 heteroatoms. The van der Waals surface area contributed by atoms with Gasteiger partial charge < -0.3 is 10.1 Å². The number of carbonyl (C=O) groups is 1. The second-order valence-electron chi connectivity index (χ2n) is 4.32. The van der Waals surface area contributed by atoms with Crippen molar-refractivity contribution in [2.75, 3.05) is 13.2 Å². The monoisotopic (exact) mass is 253 g/mol. The van der Waals surface area contributed by atoms with Crippen LogP contribution < -0.4 is 5.32 Å². The Balaban J connectivity index is 2.77. The Kier molecular flexibility index (Phi) is 5.85. The summed E-state index contributed by atoms with van der Waals surface area (Å²) in [7, 11) is 1.90. The largest absolute Gasteiger partial charge is 0.466 e. The molecule has 102 valence electrons. The standard InChI is InChI=1S/C13H23N3O2/c1-5-7-14-12(8-13(17)18-6-2)11-9-15-16(4)10(11)3/h9,12,14H,5-8H2,1-4H3. The minimum absolute atomic E-state index is 0.0160. The van der Waals surface area contributed by atoms with E-state index in [9.17, 15) is 4.79 Å². The molecule has 0 aliphatic heterocycles. The van der Waals surface area contributed by atoms with Gasteiger partial charge in [-0.2, -0.15) is 5.10 Å². The summed E-state index contributed by atoms with van der Waals surface area (Å²) in [6, 6.07) is -0.0160. The summed E-state index contributed by atoms with van der Waals surface area (Å²) < 4.78 is 6.83. The molecule has 1 aromatic rings. The molecule has 18 heavy (non-hydrogen) atoms. The van der Waals surface area contributed by atoms with Crippen LogP contribution in [0.2, 0.25) is 0 Å². The molecule has 1 unspecified atom stereocenters. The number of rotatable bonds is 7. The van der Waals surface area contributed by atoms with Gasteiger partial charge in [0.2, 0.25) is 0 Å². The van der Waals surface area contributed by atoms with Crippen LogP contribution in [-0.2, 0) is 16.6 Å². The Morgan fingerprint density at radius 2 is 2.28 bits per heavy atom. The number of hydrogen-bond acceptors (Lipinski definition) is 4. The third kappa shape index (κ3) is 3.84. The highest BCUT2D eigenvalue weighted by atomic mass is 16.5. The summed E-state index contributed by atoms with van der Waals surface area (Å²) in [4.78, 5) is 11.6. The molecule has 0 saturated carbocycles. The molecule has 1 heterocycles. The highest BCUT2D eigenvalue weighted by Gasteiger charge is 2.20. The van der Waals surface area contributed by atoms with Gasteiger partial charge in [0.15, 0.2) is 0 Å². The fourth-order valence-electron chi connectivity index (χ4n) is 1.86. The van der Waals surface area contributed by atoms with Crippen molar-refractivity contribution in [1.29, 1.82) is 0 Å². The first-order valence-corrected chi connectivity index (χ1v) is 6.47. The molecule has 0 fully saturated rings. The Bertz CT molecular complexity index is 388. The van der Waals surface area contributed by atoms with Crippen molar-refractivity contribution < 1.29 is 9.53 Å². The second-order valence-corrected chi connectivity index (χ2v) is 4.32. The summed E-state index contributed by atoms with van der Waals surface area (Å²) in [5, 5.41) is 7.60. The van der Waals surface area contributed by atoms with Gasteiger partial charge >= 0.3 is 5.97 Å². The van der Waals surface area contributed by atoms with Crippen molar-refractivity contribution in [3.63, 3.8) is 0 Å². The van der Waals surface area contributed by atoms with Gasteiger partial charge in [-0.25, -0.2) is 0 Å². The van der Waals surface area contributed by atoms with E-state index in [1.807, 2.05) is 31.8 Å². The Morgan fingerprint density at radius 1 is 1.56 bits per heavy atom. The van der Waals surface area contributed by atoms with Crippen molar-refractivity contribution in [3.05, 3.63) is 17.5 Å². The number of nitrogens with one attached hydrogen (secondary N) is 1. The SMILES string of the molecule is CCCNC(CC(=O)OCC)c1cnn(C)c1C. The molecule has 1 N–H and O–H groups in total. The van der Waals surface area contributed by atoms with Crippen molar-refractivity contribution in [3.8, 4) is 0 Å². The lowest BCUT2D eigenvalue weighted by Crippen LogP contribution is -2.26. The van der Waals surface area contributed by atoms with Gasteiger partial charge in [-0.15, -0.1) is 0 Å². The molecule has 0 aliphatic carbocycles. The number of nitrogens with zero attached hydrogens (tertiary/aromatic N) is 2. The van der Waals surface area contributed by atoms with Crippen LogP contribution in [0.15, 0.2) is 6.20 Å². The zero-order valence-corrected chi connectivity index (χ0v) is 11.7. The van der Waals surface area contributed by atoms with Crippen LogP contribution in [0.3, 0.4) is 0 Å². The molecular formula is C13H23N3O2. The fourth-order valence-corrected chi connectivity index (χ4v) is 1.86. The van der Waals surface area contributed by atoms with E-state index in [2.05, 4.69) is 17.3 Å². The summed E-state index contributed by atoms with van der Waals surface area (Å²) in [6.45, 7) is 7.23. The average molecular weight is 253 g/mol. The lowest BCUT2D eigenvalue weighted by atomic mass is 10.0. The normalized spacial score (nSPS) is 12.4. The van der Waals surface area contributed by atoms with Crippen LogP contribution in [0.4, 0.5) is 0 Å². The molecule has 0 aromatic carbocycles. The smallest absolute Gasteiger partial charge is 0.307 e. The second kappa shape index (κ2) is 7.16. The van der Waals surface area contributed by atoms with Gasteiger partial charge in [0.1, 0.15) is 0 Å². The summed E-state index contributed by atoms with van der Waals surface area (Å²) in [6.07, 6.45) is 3.20. The van der Waals surface area contributed by atoms with Gasteiger partial charge in [0, 0.05) is 24.3 Å². The first kappa shape index (κ1) is 14.7. The minimum Gasteiger partial charge on any atom is -0.466 e. The fraction of sp³-hybridized carbons (Fsp3) is 0.692. The third-order valence-corrected chi connectivity index (χ3v) is 2.97. The lowest BCUT2D eigenvalue weighted by Gasteiger charge is -2.17. The Morgan fingerprint density at radius 3 is 2.78 bits per heavy atom. The van der Waals surface area contributed by atoms with Gasteiger partial charge in [0.05, 0.1) is 19.2 Å². The summed E-state index contributed by atoms with van der Waals surface area (Å²) >= 11 is 0. The van der Waals surface area contributed by atoms with Crippen molar-refractivity contribution in [2.24, 2.45) is 7.05 Å². The van der Waals surface area contributed by atoms with E-state index in [4.69, 9.17) is 4.74 Å². The van der Waals surface area contributed by atoms with Crippen LogP contribution in [0.25, 0.3) is 0 Å². The number of esters is 1. The van der Waals surface area contributed by atoms with Crippen LogP contribution in [0.5, 0.6) is 0 Å². The molecule has 0 amide bonds. The van der Waals surface area contributed by atoms with Gasteiger partial charge in [-0.1, -0.05) is 6.92 Å².